The third-order valence-electron chi connectivity index (χ3n) is 4.86. The Hall–Kier alpha value is -0.570. The lowest BCUT2D eigenvalue weighted by Gasteiger charge is -2.35. The molecule has 0 rings (SSSR count). The van der Waals surface area contributed by atoms with Gasteiger partial charge in [-0.2, -0.15) is 0 Å². The van der Waals surface area contributed by atoms with E-state index >= 15 is 0 Å². The largest absolute Gasteiger partial charge is 0.481 e. The van der Waals surface area contributed by atoms with Crippen LogP contribution in [0.1, 0.15) is 92.9 Å². The molecule has 3 nitrogen and oxygen atoms in total. The second kappa shape index (κ2) is 13.1. The molecule has 0 saturated heterocycles. The topological polar surface area (TPSA) is 63.3 Å². The third kappa shape index (κ3) is 9.13. The normalized spacial score (nSPS) is 12.8. The zero-order chi connectivity index (χ0) is 16.9. The molecule has 0 bridgehead atoms. The fraction of sp³-hybridized carbons (Fsp3) is 0.944. The SMILES string of the molecule is CCC(CC)C(N)(CC)CC.CCCCC(CC)C(=O)O. The van der Waals surface area contributed by atoms with Gasteiger partial charge in [-0.25, -0.2) is 0 Å². The maximum atomic E-state index is 10.4. The van der Waals surface area contributed by atoms with E-state index in [1.165, 1.54) is 12.8 Å². The number of unbranched alkanes of at least 4 members (excludes halogenated alkanes) is 1. The number of carboxylic acid groups (broad SMARTS) is 1. The van der Waals surface area contributed by atoms with Crippen molar-refractivity contribution in [1.29, 1.82) is 0 Å². The van der Waals surface area contributed by atoms with Crippen molar-refractivity contribution < 1.29 is 9.90 Å². The second-order valence-corrected chi connectivity index (χ2v) is 6.04. The van der Waals surface area contributed by atoms with E-state index in [1.54, 1.807) is 0 Å². The van der Waals surface area contributed by atoms with Gasteiger partial charge >= 0.3 is 5.97 Å². The van der Waals surface area contributed by atoms with Crippen LogP contribution in [0.25, 0.3) is 0 Å². The molecule has 128 valence electrons. The number of aliphatic carboxylic acids is 1. The first-order valence-corrected chi connectivity index (χ1v) is 8.88. The van der Waals surface area contributed by atoms with Crippen molar-refractivity contribution in [1.82, 2.24) is 0 Å². The van der Waals surface area contributed by atoms with Crippen molar-refractivity contribution >= 4 is 5.97 Å². The molecule has 3 N–H and O–H groups in total. The Kier molecular flexibility index (Phi) is 14.2. The predicted octanol–water partition coefficient (Wildman–Crippen LogP) is 5.23. The number of nitrogens with two attached hydrogens (primary N) is 1. The van der Waals surface area contributed by atoms with Gasteiger partial charge in [-0.1, -0.05) is 67.2 Å². The molecule has 0 saturated carbocycles. The Bertz CT molecular complexity index is 246. The van der Waals surface area contributed by atoms with Gasteiger partial charge in [-0.15, -0.1) is 0 Å². The van der Waals surface area contributed by atoms with Crippen LogP contribution in [0.5, 0.6) is 0 Å². The summed E-state index contributed by atoms with van der Waals surface area (Å²) >= 11 is 0. The Labute approximate surface area is 132 Å². The van der Waals surface area contributed by atoms with Crippen molar-refractivity contribution in [2.45, 2.75) is 98.4 Å². The van der Waals surface area contributed by atoms with Gasteiger partial charge < -0.3 is 10.8 Å². The Balaban J connectivity index is 0. The van der Waals surface area contributed by atoms with Crippen molar-refractivity contribution in [3.63, 3.8) is 0 Å². The van der Waals surface area contributed by atoms with Gasteiger partial charge in [-0.05, 0) is 31.6 Å². The molecule has 0 aliphatic heterocycles. The Morgan fingerprint density at radius 1 is 1.00 bits per heavy atom. The lowest BCUT2D eigenvalue weighted by molar-refractivity contribution is -0.142. The molecule has 0 spiro atoms. The summed E-state index contributed by atoms with van der Waals surface area (Å²) in [6.07, 6.45) is 8.36. The van der Waals surface area contributed by atoms with Crippen LogP contribution in [0.4, 0.5) is 0 Å². The highest BCUT2D eigenvalue weighted by molar-refractivity contribution is 5.69. The summed E-state index contributed by atoms with van der Waals surface area (Å²) in [7, 11) is 0. The Morgan fingerprint density at radius 2 is 1.48 bits per heavy atom. The van der Waals surface area contributed by atoms with E-state index in [4.69, 9.17) is 10.8 Å². The van der Waals surface area contributed by atoms with E-state index in [0.29, 0.717) is 5.92 Å². The van der Waals surface area contributed by atoms with E-state index in [1.807, 2.05) is 6.92 Å². The van der Waals surface area contributed by atoms with Gasteiger partial charge in [0, 0.05) is 5.54 Å². The maximum absolute atomic E-state index is 10.4. The summed E-state index contributed by atoms with van der Waals surface area (Å²) in [6.45, 7) is 12.9. The van der Waals surface area contributed by atoms with Crippen LogP contribution in [0, 0.1) is 11.8 Å². The molecular formula is C18H39NO2. The van der Waals surface area contributed by atoms with Crippen LogP contribution in [0.3, 0.4) is 0 Å². The number of hydrogen-bond donors (Lipinski definition) is 2. The van der Waals surface area contributed by atoms with Gasteiger partial charge in [0.1, 0.15) is 0 Å². The molecule has 1 unspecified atom stereocenters. The molecule has 0 aromatic heterocycles. The van der Waals surface area contributed by atoms with Gasteiger partial charge in [0.25, 0.3) is 0 Å². The second-order valence-electron chi connectivity index (χ2n) is 6.04. The van der Waals surface area contributed by atoms with Crippen molar-refractivity contribution in [3.8, 4) is 0 Å². The monoisotopic (exact) mass is 301 g/mol. The van der Waals surface area contributed by atoms with Gasteiger partial charge in [0.15, 0.2) is 0 Å². The highest BCUT2D eigenvalue weighted by Gasteiger charge is 2.28. The van der Waals surface area contributed by atoms with E-state index in [2.05, 4.69) is 34.6 Å². The van der Waals surface area contributed by atoms with Crippen LogP contribution in [0.15, 0.2) is 0 Å². The first kappa shape index (κ1) is 22.7. The molecule has 0 aromatic rings. The zero-order valence-corrected chi connectivity index (χ0v) is 15.2. The van der Waals surface area contributed by atoms with Crippen LogP contribution in [0.2, 0.25) is 0 Å². The molecule has 0 radical (unpaired) electrons. The molecule has 0 amide bonds. The maximum Gasteiger partial charge on any atom is 0.306 e. The average molecular weight is 302 g/mol. The summed E-state index contributed by atoms with van der Waals surface area (Å²) < 4.78 is 0. The molecule has 0 aliphatic rings. The van der Waals surface area contributed by atoms with Crippen LogP contribution < -0.4 is 5.73 Å². The van der Waals surface area contributed by atoms with E-state index in [9.17, 15) is 4.79 Å². The molecular weight excluding hydrogens is 262 g/mol. The summed E-state index contributed by atoms with van der Waals surface area (Å²) in [6, 6.07) is 0. The smallest absolute Gasteiger partial charge is 0.306 e. The molecule has 3 heteroatoms. The van der Waals surface area contributed by atoms with E-state index < -0.39 is 5.97 Å². The zero-order valence-electron chi connectivity index (χ0n) is 15.2. The van der Waals surface area contributed by atoms with Crippen LogP contribution in [-0.4, -0.2) is 16.6 Å². The highest BCUT2D eigenvalue weighted by atomic mass is 16.4. The number of rotatable bonds is 10. The fourth-order valence-electron chi connectivity index (χ4n) is 2.88. The highest BCUT2D eigenvalue weighted by Crippen LogP contribution is 2.27. The number of hydrogen-bond acceptors (Lipinski definition) is 2. The van der Waals surface area contributed by atoms with Crippen molar-refractivity contribution in [3.05, 3.63) is 0 Å². The lowest BCUT2D eigenvalue weighted by atomic mass is 9.77. The number of carboxylic acids is 1. The van der Waals surface area contributed by atoms with Gasteiger partial charge in [0.2, 0.25) is 0 Å². The molecule has 0 aliphatic carbocycles. The average Bonchev–Trinajstić information content (AvgIpc) is 2.49. The quantitative estimate of drug-likeness (QED) is 0.581. The molecule has 0 fully saturated rings. The lowest BCUT2D eigenvalue weighted by Crippen LogP contribution is -2.45. The molecule has 1 atom stereocenters. The summed E-state index contributed by atoms with van der Waals surface area (Å²) in [5.74, 6) is -0.0478. The summed E-state index contributed by atoms with van der Waals surface area (Å²) in [4.78, 5) is 10.4. The molecule has 0 heterocycles. The minimum Gasteiger partial charge on any atom is -0.481 e. The number of carbonyl (C=O) groups is 1. The van der Waals surface area contributed by atoms with Crippen molar-refractivity contribution in [2.24, 2.45) is 17.6 Å². The first-order valence-electron chi connectivity index (χ1n) is 8.88. The minimum atomic E-state index is -0.643. The molecule has 0 aromatic carbocycles. The van der Waals surface area contributed by atoms with Crippen LogP contribution in [-0.2, 0) is 4.79 Å². The standard InChI is InChI=1S/C10H23N.C8H16O2/c1-5-9(6-2)10(11,7-3)8-4;1-3-5-6-7(4-2)8(9)10/h9H,5-8,11H2,1-4H3;7H,3-6H2,1-2H3,(H,9,10). The van der Waals surface area contributed by atoms with Gasteiger partial charge in [0.05, 0.1) is 5.92 Å². The minimum absolute atomic E-state index is 0.101. The fourth-order valence-corrected chi connectivity index (χ4v) is 2.88. The first-order chi connectivity index (χ1) is 9.86. The summed E-state index contributed by atoms with van der Waals surface area (Å²) in [5.41, 5.74) is 6.36. The van der Waals surface area contributed by atoms with E-state index in [-0.39, 0.29) is 11.5 Å². The third-order valence-corrected chi connectivity index (χ3v) is 4.86. The summed E-state index contributed by atoms with van der Waals surface area (Å²) in [5, 5.41) is 8.60. The predicted molar refractivity (Wildman–Crippen MR) is 92.5 cm³/mol. The van der Waals surface area contributed by atoms with Gasteiger partial charge in [-0.3, -0.25) is 4.79 Å². The molecule has 21 heavy (non-hydrogen) atoms. The van der Waals surface area contributed by atoms with Crippen molar-refractivity contribution in [2.75, 3.05) is 0 Å². The Morgan fingerprint density at radius 3 is 1.67 bits per heavy atom. The van der Waals surface area contributed by atoms with Crippen LogP contribution >= 0.6 is 0 Å². The van der Waals surface area contributed by atoms with E-state index in [0.717, 1.165) is 38.5 Å².